The highest BCUT2D eigenvalue weighted by atomic mass is 35.5. The van der Waals surface area contributed by atoms with Gasteiger partial charge in [0.25, 0.3) is 0 Å². The van der Waals surface area contributed by atoms with E-state index in [1.165, 1.54) is 6.92 Å². The fraction of sp³-hybridized carbons (Fsp3) is 0.375. The summed E-state index contributed by atoms with van der Waals surface area (Å²) in [7, 11) is 0. The highest BCUT2D eigenvalue weighted by molar-refractivity contribution is 7.10. The molecular formula is C8H10ClNOS. The lowest BCUT2D eigenvalue weighted by atomic mass is 10.3. The molecule has 1 aromatic heterocycles. The average molecular weight is 204 g/mol. The number of anilines is 1. The van der Waals surface area contributed by atoms with E-state index in [2.05, 4.69) is 5.32 Å². The first-order valence-corrected chi connectivity index (χ1v) is 4.97. The van der Waals surface area contributed by atoms with Crippen molar-refractivity contribution in [3.8, 4) is 0 Å². The summed E-state index contributed by atoms with van der Waals surface area (Å²) in [4.78, 5) is 11.9. The SMILES string of the molecule is CC(=O)Nc1c(CCl)csc1C. The molecule has 0 atom stereocenters. The van der Waals surface area contributed by atoms with Crippen LogP contribution in [0.5, 0.6) is 0 Å². The Hall–Kier alpha value is -0.540. The molecule has 4 heteroatoms. The number of rotatable bonds is 2. The van der Waals surface area contributed by atoms with E-state index >= 15 is 0 Å². The van der Waals surface area contributed by atoms with Crippen molar-refractivity contribution in [2.24, 2.45) is 0 Å². The van der Waals surface area contributed by atoms with E-state index in [4.69, 9.17) is 11.6 Å². The molecule has 0 aliphatic heterocycles. The normalized spacial score (nSPS) is 9.92. The van der Waals surface area contributed by atoms with Crippen molar-refractivity contribution in [3.05, 3.63) is 15.8 Å². The molecule has 0 unspecified atom stereocenters. The fourth-order valence-corrected chi connectivity index (χ4v) is 2.07. The van der Waals surface area contributed by atoms with Gasteiger partial charge in [-0.2, -0.15) is 0 Å². The zero-order chi connectivity index (χ0) is 9.14. The second kappa shape index (κ2) is 3.92. The zero-order valence-corrected chi connectivity index (χ0v) is 8.55. The third-order valence-electron chi connectivity index (χ3n) is 1.50. The minimum atomic E-state index is -0.0529. The van der Waals surface area contributed by atoms with Crippen LogP contribution in [0.25, 0.3) is 0 Å². The molecule has 2 nitrogen and oxygen atoms in total. The third-order valence-corrected chi connectivity index (χ3v) is 2.74. The molecule has 0 saturated carbocycles. The van der Waals surface area contributed by atoms with E-state index in [-0.39, 0.29) is 5.91 Å². The predicted octanol–water partition coefficient (Wildman–Crippen LogP) is 2.75. The number of carbonyl (C=O) groups is 1. The number of amides is 1. The Labute approximate surface area is 80.5 Å². The van der Waals surface area contributed by atoms with Crippen molar-refractivity contribution in [1.82, 2.24) is 0 Å². The summed E-state index contributed by atoms with van der Waals surface area (Å²) in [6.45, 7) is 3.46. The minimum Gasteiger partial charge on any atom is -0.325 e. The number of halogens is 1. The Bertz CT molecular complexity index is 295. The maximum Gasteiger partial charge on any atom is 0.221 e. The Balaban J connectivity index is 2.94. The third kappa shape index (κ3) is 1.99. The van der Waals surface area contributed by atoms with Crippen LogP contribution in [0.3, 0.4) is 0 Å². The number of carbonyl (C=O) groups excluding carboxylic acids is 1. The van der Waals surface area contributed by atoms with Crippen LogP contribution in [-0.2, 0) is 10.7 Å². The van der Waals surface area contributed by atoms with Gasteiger partial charge in [-0.25, -0.2) is 0 Å². The number of aryl methyl sites for hydroxylation is 1. The number of nitrogens with one attached hydrogen (secondary N) is 1. The van der Waals surface area contributed by atoms with Gasteiger partial charge in [0, 0.05) is 17.4 Å². The van der Waals surface area contributed by atoms with Crippen molar-refractivity contribution in [2.75, 3.05) is 5.32 Å². The van der Waals surface area contributed by atoms with Gasteiger partial charge in [0.2, 0.25) is 5.91 Å². The van der Waals surface area contributed by atoms with Crippen LogP contribution < -0.4 is 5.32 Å². The first-order valence-electron chi connectivity index (χ1n) is 3.55. The van der Waals surface area contributed by atoms with E-state index in [9.17, 15) is 4.79 Å². The van der Waals surface area contributed by atoms with E-state index < -0.39 is 0 Å². The van der Waals surface area contributed by atoms with Crippen LogP contribution in [0.1, 0.15) is 17.4 Å². The van der Waals surface area contributed by atoms with Gasteiger partial charge in [0.1, 0.15) is 0 Å². The summed E-state index contributed by atoms with van der Waals surface area (Å²) >= 11 is 7.28. The molecule has 0 aromatic carbocycles. The smallest absolute Gasteiger partial charge is 0.221 e. The van der Waals surface area contributed by atoms with Gasteiger partial charge in [-0.05, 0) is 12.3 Å². The molecule has 1 heterocycles. The molecule has 0 radical (unpaired) electrons. The summed E-state index contributed by atoms with van der Waals surface area (Å²) in [6.07, 6.45) is 0. The minimum absolute atomic E-state index is 0.0529. The molecule has 0 fully saturated rings. The van der Waals surface area contributed by atoms with Crippen LogP contribution >= 0.6 is 22.9 Å². The summed E-state index contributed by atoms with van der Waals surface area (Å²) in [5.41, 5.74) is 1.87. The van der Waals surface area contributed by atoms with Crippen LogP contribution in [0.4, 0.5) is 5.69 Å². The monoisotopic (exact) mass is 203 g/mol. The molecule has 66 valence electrons. The number of hydrogen-bond acceptors (Lipinski definition) is 2. The number of hydrogen-bond donors (Lipinski definition) is 1. The van der Waals surface area contributed by atoms with Crippen LogP contribution in [-0.4, -0.2) is 5.91 Å². The second-order valence-corrected chi connectivity index (χ2v) is 3.86. The highest BCUT2D eigenvalue weighted by Crippen LogP contribution is 2.28. The summed E-state index contributed by atoms with van der Waals surface area (Å²) in [6, 6.07) is 0. The predicted molar refractivity (Wildman–Crippen MR) is 52.9 cm³/mol. The number of thiophene rings is 1. The topological polar surface area (TPSA) is 29.1 Å². The van der Waals surface area contributed by atoms with Gasteiger partial charge in [-0.1, -0.05) is 0 Å². The molecule has 1 amide bonds. The van der Waals surface area contributed by atoms with Gasteiger partial charge in [-0.3, -0.25) is 4.79 Å². The van der Waals surface area contributed by atoms with Crippen molar-refractivity contribution < 1.29 is 4.79 Å². The Morgan fingerprint density at radius 1 is 1.75 bits per heavy atom. The summed E-state index contributed by atoms with van der Waals surface area (Å²) in [5, 5.41) is 4.73. The quantitative estimate of drug-likeness (QED) is 0.736. The van der Waals surface area contributed by atoms with Crippen LogP contribution in [0.2, 0.25) is 0 Å². The first kappa shape index (κ1) is 9.55. The van der Waals surface area contributed by atoms with E-state index in [0.29, 0.717) is 5.88 Å². The molecule has 12 heavy (non-hydrogen) atoms. The lowest BCUT2D eigenvalue weighted by Crippen LogP contribution is -2.07. The van der Waals surface area contributed by atoms with Gasteiger partial charge in [0.15, 0.2) is 0 Å². The largest absolute Gasteiger partial charge is 0.325 e. The van der Waals surface area contributed by atoms with E-state index in [1.54, 1.807) is 11.3 Å². The fourth-order valence-electron chi connectivity index (χ4n) is 0.946. The standard InChI is InChI=1S/C8H10ClNOS/c1-5-8(10-6(2)11)7(3-9)4-12-5/h4H,3H2,1-2H3,(H,10,11). The molecule has 1 rings (SSSR count). The van der Waals surface area contributed by atoms with Gasteiger partial charge < -0.3 is 5.32 Å². The van der Waals surface area contributed by atoms with Gasteiger partial charge >= 0.3 is 0 Å². The average Bonchev–Trinajstić information content (AvgIpc) is 2.32. The van der Waals surface area contributed by atoms with Gasteiger partial charge in [0.05, 0.1) is 11.6 Å². The Morgan fingerprint density at radius 3 is 2.92 bits per heavy atom. The second-order valence-electron chi connectivity index (χ2n) is 2.51. The molecule has 0 aliphatic rings. The Kier molecular flexibility index (Phi) is 3.12. The lowest BCUT2D eigenvalue weighted by molar-refractivity contribution is -0.114. The summed E-state index contributed by atoms with van der Waals surface area (Å²) < 4.78 is 0. The van der Waals surface area contributed by atoms with E-state index in [0.717, 1.165) is 16.1 Å². The van der Waals surface area contributed by atoms with Crippen molar-refractivity contribution in [3.63, 3.8) is 0 Å². The Morgan fingerprint density at radius 2 is 2.42 bits per heavy atom. The molecule has 0 spiro atoms. The van der Waals surface area contributed by atoms with Crippen molar-refractivity contribution in [2.45, 2.75) is 19.7 Å². The van der Waals surface area contributed by atoms with Crippen molar-refractivity contribution in [1.29, 1.82) is 0 Å². The molecule has 0 bridgehead atoms. The molecule has 0 aliphatic carbocycles. The number of alkyl halides is 1. The first-order chi connectivity index (χ1) is 5.65. The molecular weight excluding hydrogens is 194 g/mol. The molecule has 1 aromatic rings. The lowest BCUT2D eigenvalue weighted by Gasteiger charge is -2.02. The zero-order valence-electron chi connectivity index (χ0n) is 6.98. The van der Waals surface area contributed by atoms with E-state index in [1.807, 2.05) is 12.3 Å². The maximum atomic E-state index is 10.8. The maximum absolute atomic E-state index is 10.8. The highest BCUT2D eigenvalue weighted by Gasteiger charge is 2.07. The molecule has 1 N–H and O–H groups in total. The van der Waals surface area contributed by atoms with Gasteiger partial charge in [-0.15, -0.1) is 22.9 Å². The van der Waals surface area contributed by atoms with Crippen LogP contribution in [0, 0.1) is 6.92 Å². The van der Waals surface area contributed by atoms with Crippen molar-refractivity contribution >= 4 is 34.5 Å². The molecule has 0 saturated heterocycles. The van der Waals surface area contributed by atoms with Crippen LogP contribution in [0.15, 0.2) is 5.38 Å². The summed E-state index contributed by atoms with van der Waals surface area (Å²) in [5.74, 6) is 0.391.